The Kier molecular flexibility index (Phi) is 4.74. The molecule has 0 atom stereocenters. The van der Waals surface area contributed by atoms with Crippen molar-refractivity contribution in [3.8, 4) is 0 Å². The Hall–Kier alpha value is -1.09. The minimum Gasteiger partial charge on any atom is -1.00 e. The third kappa shape index (κ3) is 2.95. The predicted octanol–water partition coefficient (Wildman–Crippen LogP) is -2.87. The number of morpholine rings is 1. The van der Waals surface area contributed by atoms with Gasteiger partial charge in [-0.05, 0) is 0 Å². The summed E-state index contributed by atoms with van der Waals surface area (Å²) in [6.45, 7) is 2.87. The van der Waals surface area contributed by atoms with Gasteiger partial charge in [-0.1, -0.05) is 0 Å². The first-order chi connectivity index (χ1) is 7.27. The Labute approximate surface area is 106 Å². The summed E-state index contributed by atoms with van der Waals surface area (Å²) in [5.74, 6) is -0.362. The number of carboxylic acid groups (broad SMARTS) is 1. The van der Waals surface area contributed by atoms with E-state index in [2.05, 4.69) is 9.97 Å². The molecule has 1 saturated heterocycles. The molecule has 1 N–H and O–H groups in total. The average molecular weight is 217 g/mol. The summed E-state index contributed by atoms with van der Waals surface area (Å²) in [6.07, 6.45) is 2.75. The number of carbonyl (C=O) groups is 1. The molecule has 1 aromatic rings. The van der Waals surface area contributed by atoms with Crippen molar-refractivity contribution < 1.29 is 34.9 Å². The predicted molar refractivity (Wildman–Crippen MR) is 53.1 cm³/mol. The van der Waals surface area contributed by atoms with Gasteiger partial charge < -0.3 is 16.2 Å². The number of ether oxygens (including phenoxy) is 1. The maximum absolute atomic E-state index is 10.6. The molecular formula is C9H12LiN3O3. The van der Waals surface area contributed by atoms with Crippen molar-refractivity contribution in [3.63, 3.8) is 0 Å². The van der Waals surface area contributed by atoms with Crippen molar-refractivity contribution in [1.29, 1.82) is 0 Å². The van der Waals surface area contributed by atoms with E-state index < -0.39 is 5.97 Å². The fourth-order valence-corrected chi connectivity index (χ4v) is 1.39. The quantitative estimate of drug-likeness (QED) is 0.537. The molecule has 0 amide bonds. The van der Waals surface area contributed by atoms with Crippen LogP contribution in [0.25, 0.3) is 0 Å². The van der Waals surface area contributed by atoms with Gasteiger partial charge >= 0.3 is 24.8 Å². The van der Waals surface area contributed by atoms with Gasteiger partial charge in [0.1, 0.15) is 5.82 Å². The zero-order chi connectivity index (χ0) is 10.7. The summed E-state index contributed by atoms with van der Waals surface area (Å²) in [6, 6.07) is 0. The number of hydrogen-bond acceptors (Lipinski definition) is 5. The number of hydrogen-bond donors (Lipinski definition) is 1. The molecule has 2 heterocycles. The largest absolute Gasteiger partial charge is 1.00 e. The second-order valence-corrected chi connectivity index (χ2v) is 3.16. The van der Waals surface area contributed by atoms with Crippen LogP contribution in [0.1, 0.15) is 11.9 Å². The third-order valence-electron chi connectivity index (χ3n) is 2.19. The molecule has 0 unspecified atom stereocenters. The summed E-state index contributed by atoms with van der Waals surface area (Å²) in [5.41, 5.74) is -0.0352. The Morgan fingerprint density at radius 2 is 2.06 bits per heavy atom. The van der Waals surface area contributed by atoms with Crippen LogP contribution in [0.15, 0.2) is 12.4 Å². The molecule has 1 aliphatic rings. The fourth-order valence-electron chi connectivity index (χ4n) is 1.39. The summed E-state index contributed by atoms with van der Waals surface area (Å²) in [7, 11) is 0. The molecule has 2 rings (SSSR count). The third-order valence-corrected chi connectivity index (χ3v) is 2.19. The molecular weight excluding hydrogens is 205 g/mol. The van der Waals surface area contributed by atoms with E-state index in [0.29, 0.717) is 19.0 Å². The number of rotatable bonds is 2. The standard InChI is InChI=1S/C9H11N3O3.Li.H/c13-9(14)7-5-11-8(6-10-7)12-1-3-15-4-2-12;;/h5-6H,1-4H2,(H,13,14);;/q;+1;-1. The number of aromatic carboxylic acids is 1. The van der Waals surface area contributed by atoms with Crippen LogP contribution in [0.2, 0.25) is 0 Å². The molecule has 0 spiro atoms. The topological polar surface area (TPSA) is 75.5 Å². The SMILES string of the molecule is O=C(O)c1cnc(N2CCOCC2)cn1.[H-].[Li+]. The van der Waals surface area contributed by atoms with E-state index in [4.69, 9.17) is 9.84 Å². The summed E-state index contributed by atoms with van der Waals surface area (Å²) >= 11 is 0. The molecule has 6 nitrogen and oxygen atoms in total. The second-order valence-electron chi connectivity index (χ2n) is 3.16. The first-order valence-corrected chi connectivity index (χ1v) is 4.65. The van der Waals surface area contributed by atoms with Crippen LogP contribution in [-0.4, -0.2) is 47.3 Å². The molecule has 82 valence electrons. The molecule has 0 radical (unpaired) electrons. The summed E-state index contributed by atoms with van der Waals surface area (Å²) in [5, 5.41) is 8.65. The Balaban J connectivity index is 0.00000128. The molecule has 0 aliphatic carbocycles. The molecule has 1 fully saturated rings. The number of anilines is 1. The zero-order valence-corrected chi connectivity index (χ0v) is 9.09. The van der Waals surface area contributed by atoms with Crippen LogP contribution < -0.4 is 23.8 Å². The number of carboxylic acids is 1. The first-order valence-electron chi connectivity index (χ1n) is 4.65. The Bertz CT molecular complexity index is 357. The normalized spacial score (nSPS) is 15.4. The fraction of sp³-hybridized carbons (Fsp3) is 0.444. The van der Waals surface area contributed by atoms with Crippen molar-refractivity contribution in [2.24, 2.45) is 0 Å². The smallest absolute Gasteiger partial charge is 1.00 e. The van der Waals surface area contributed by atoms with Gasteiger partial charge in [-0.2, -0.15) is 0 Å². The van der Waals surface area contributed by atoms with Gasteiger partial charge in [0, 0.05) is 13.1 Å². The van der Waals surface area contributed by atoms with Crippen molar-refractivity contribution in [2.45, 2.75) is 0 Å². The monoisotopic (exact) mass is 217 g/mol. The van der Waals surface area contributed by atoms with Crippen LogP contribution in [0, 0.1) is 0 Å². The molecule has 16 heavy (non-hydrogen) atoms. The Morgan fingerprint density at radius 1 is 1.38 bits per heavy atom. The van der Waals surface area contributed by atoms with E-state index in [1.807, 2.05) is 4.90 Å². The van der Waals surface area contributed by atoms with E-state index in [0.717, 1.165) is 13.1 Å². The minimum absolute atomic E-state index is 0. The van der Waals surface area contributed by atoms with Crippen molar-refractivity contribution in [1.82, 2.24) is 9.97 Å². The van der Waals surface area contributed by atoms with E-state index in [1.54, 1.807) is 0 Å². The van der Waals surface area contributed by atoms with Gasteiger partial charge in [0.15, 0.2) is 5.69 Å². The first kappa shape index (κ1) is 13.0. The molecule has 7 heteroatoms. The van der Waals surface area contributed by atoms with Crippen molar-refractivity contribution >= 4 is 11.8 Å². The molecule has 1 aromatic heterocycles. The number of aromatic nitrogens is 2. The van der Waals surface area contributed by atoms with Gasteiger partial charge in [0.05, 0.1) is 25.6 Å². The maximum atomic E-state index is 10.6. The summed E-state index contributed by atoms with van der Waals surface area (Å²) in [4.78, 5) is 20.4. The maximum Gasteiger partial charge on any atom is 1.00 e. The molecule has 0 aromatic carbocycles. The van der Waals surface area contributed by atoms with Crippen LogP contribution in [-0.2, 0) is 4.74 Å². The van der Waals surface area contributed by atoms with Crippen molar-refractivity contribution in [3.05, 3.63) is 18.1 Å². The van der Waals surface area contributed by atoms with Gasteiger partial charge in [-0.15, -0.1) is 0 Å². The van der Waals surface area contributed by atoms with E-state index in [9.17, 15) is 4.79 Å². The summed E-state index contributed by atoms with van der Waals surface area (Å²) < 4.78 is 5.20. The molecule has 0 saturated carbocycles. The van der Waals surface area contributed by atoms with Gasteiger partial charge in [-0.25, -0.2) is 14.8 Å². The Morgan fingerprint density at radius 3 is 2.56 bits per heavy atom. The molecule has 0 bridgehead atoms. The van der Waals surface area contributed by atoms with Gasteiger partial charge in [0.2, 0.25) is 0 Å². The van der Waals surface area contributed by atoms with E-state index >= 15 is 0 Å². The minimum atomic E-state index is -1.06. The van der Waals surface area contributed by atoms with Crippen LogP contribution in [0.3, 0.4) is 0 Å². The zero-order valence-electron chi connectivity index (χ0n) is 10.1. The van der Waals surface area contributed by atoms with E-state index in [1.165, 1.54) is 12.4 Å². The van der Waals surface area contributed by atoms with E-state index in [-0.39, 0.29) is 26.0 Å². The van der Waals surface area contributed by atoms with Crippen LogP contribution in [0.4, 0.5) is 5.82 Å². The second kappa shape index (κ2) is 5.85. The van der Waals surface area contributed by atoms with Gasteiger partial charge in [-0.3, -0.25) is 0 Å². The average Bonchev–Trinajstić information content (AvgIpc) is 2.30. The number of nitrogens with zero attached hydrogens (tertiary/aromatic N) is 3. The van der Waals surface area contributed by atoms with Crippen molar-refractivity contribution in [2.75, 3.05) is 31.2 Å². The van der Waals surface area contributed by atoms with Gasteiger partial charge in [0.25, 0.3) is 0 Å². The van der Waals surface area contributed by atoms with Crippen LogP contribution in [0.5, 0.6) is 0 Å². The molecule has 1 aliphatic heterocycles. The van der Waals surface area contributed by atoms with Crippen LogP contribution >= 0.6 is 0 Å².